The Labute approximate surface area is 169 Å². The Morgan fingerprint density at radius 3 is 2.76 bits per heavy atom. The summed E-state index contributed by atoms with van der Waals surface area (Å²) >= 11 is 0. The summed E-state index contributed by atoms with van der Waals surface area (Å²) in [5.41, 5.74) is 5.23. The molecule has 1 aliphatic rings. The Hall–Kier alpha value is -3.61. The fourth-order valence-corrected chi connectivity index (χ4v) is 3.19. The zero-order valence-electron chi connectivity index (χ0n) is 16.5. The lowest BCUT2D eigenvalue weighted by atomic mass is 9.85. The van der Waals surface area contributed by atoms with E-state index in [4.69, 9.17) is 4.74 Å². The molecule has 0 atom stereocenters. The van der Waals surface area contributed by atoms with Gasteiger partial charge in [-0.1, -0.05) is 24.3 Å². The fraction of sp³-hybridized carbons (Fsp3) is 0.227. The number of carbonyl (C=O) groups is 2. The molecule has 150 valence electrons. The quantitative estimate of drug-likeness (QED) is 0.313. The minimum Gasteiger partial charge on any atom is -0.504 e. The number of benzene rings is 2. The molecule has 3 rings (SSSR count). The van der Waals surface area contributed by atoms with Crippen LogP contribution in [0.15, 0.2) is 53.6 Å². The van der Waals surface area contributed by atoms with Gasteiger partial charge in [-0.25, -0.2) is 5.43 Å². The van der Waals surface area contributed by atoms with Crippen molar-refractivity contribution in [3.05, 3.63) is 65.2 Å². The van der Waals surface area contributed by atoms with E-state index in [0.29, 0.717) is 11.3 Å². The van der Waals surface area contributed by atoms with E-state index in [1.54, 1.807) is 12.1 Å². The van der Waals surface area contributed by atoms with Crippen LogP contribution in [0.25, 0.3) is 5.70 Å². The summed E-state index contributed by atoms with van der Waals surface area (Å²) in [5, 5.41) is 16.7. The van der Waals surface area contributed by atoms with Crippen molar-refractivity contribution in [2.75, 3.05) is 7.11 Å². The smallest absolute Gasteiger partial charge is 0.311 e. The van der Waals surface area contributed by atoms with Crippen LogP contribution in [-0.4, -0.2) is 35.7 Å². The molecular weight excluding hydrogens is 370 g/mol. The molecule has 2 aromatic carbocycles. The minimum absolute atomic E-state index is 0.00123. The number of nitrogens with zero attached hydrogens (tertiary/aromatic N) is 1. The molecule has 1 aliphatic heterocycles. The number of amides is 1. The van der Waals surface area contributed by atoms with Crippen molar-refractivity contribution in [2.45, 2.75) is 25.8 Å². The summed E-state index contributed by atoms with van der Waals surface area (Å²) in [5.74, 6) is -1.27. The lowest BCUT2D eigenvalue weighted by Crippen LogP contribution is -2.44. The summed E-state index contributed by atoms with van der Waals surface area (Å²) in [6, 6.07) is 12.4. The SMILES string of the molecule is COc1cc(C=NNC(=O)C(=O)C=C2NC(C)(C)Cc3ccccc32)ccc1O. The largest absolute Gasteiger partial charge is 0.504 e. The molecule has 0 bridgehead atoms. The number of hydrazone groups is 1. The van der Waals surface area contributed by atoms with Gasteiger partial charge in [0.2, 0.25) is 5.78 Å². The number of phenolic OH excluding ortho intramolecular Hbond substituents is 1. The topological polar surface area (TPSA) is 100 Å². The molecule has 0 saturated heterocycles. The van der Waals surface area contributed by atoms with Crippen LogP contribution in [0.1, 0.15) is 30.5 Å². The third kappa shape index (κ3) is 4.82. The normalized spacial score (nSPS) is 16.2. The first kappa shape index (κ1) is 20.1. The van der Waals surface area contributed by atoms with Gasteiger partial charge >= 0.3 is 5.91 Å². The van der Waals surface area contributed by atoms with Gasteiger partial charge < -0.3 is 15.2 Å². The van der Waals surface area contributed by atoms with Crippen molar-refractivity contribution in [2.24, 2.45) is 5.10 Å². The molecule has 3 N–H and O–H groups in total. The van der Waals surface area contributed by atoms with Crippen molar-refractivity contribution < 1.29 is 19.4 Å². The summed E-state index contributed by atoms with van der Waals surface area (Å²) in [7, 11) is 1.43. The molecule has 7 heteroatoms. The van der Waals surface area contributed by atoms with Crippen LogP contribution < -0.4 is 15.5 Å². The third-order valence-electron chi connectivity index (χ3n) is 4.50. The number of ketones is 1. The first-order chi connectivity index (χ1) is 13.8. The maximum absolute atomic E-state index is 12.4. The number of ether oxygens (including phenoxy) is 1. The van der Waals surface area contributed by atoms with Gasteiger partial charge in [-0.15, -0.1) is 0 Å². The molecule has 1 amide bonds. The van der Waals surface area contributed by atoms with E-state index in [1.807, 2.05) is 38.1 Å². The van der Waals surface area contributed by atoms with Crippen LogP contribution >= 0.6 is 0 Å². The van der Waals surface area contributed by atoms with Gasteiger partial charge in [0.25, 0.3) is 0 Å². The van der Waals surface area contributed by atoms with Crippen LogP contribution in [0.3, 0.4) is 0 Å². The Balaban J connectivity index is 1.71. The summed E-state index contributed by atoms with van der Waals surface area (Å²) in [6.45, 7) is 4.08. The second-order valence-corrected chi connectivity index (χ2v) is 7.40. The average Bonchev–Trinajstić information content (AvgIpc) is 2.68. The zero-order valence-corrected chi connectivity index (χ0v) is 16.5. The van der Waals surface area contributed by atoms with Crippen LogP contribution in [0.2, 0.25) is 0 Å². The summed E-state index contributed by atoms with van der Waals surface area (Å²) in [6.07, 6.45) is 3.48. The lowest BCUT2D eigenvalue weighted by Gasteiger charge is -2.35. The first-order valence-electron chi connectivity index (χ1n) is 9.11. The van der Waals surface area contributed by atoms with Crippen LogP contribution in [0, 0.1) is 0 Å². The number of methoxy groups -OCH3 is 1. The van der Waals surface area contributed by atoms with Gasteiger partial charge in [-0.05, 0) is 49.6 Å². The van der Waals surface area contributed by atoms with Crippen molar-refractivity contribution in [1.82, 2.24) is 10.7 Å². The second-order valence-electron chi connectivity index (χ2n) is 7.40. The monoisotopic (exact) mass is 393 g/mol. The zero-order chi connectivity index (χ0) is 21.0. The van der Waals surface area contributed by atoms with Gasteiger partial charge in [0.15, 0.2) is 11.5 Å². The van der Waals surface area contributed by atoms with Gasteiger partial charge in [0, 0.05) is 22.9 Å². The number of aromatic hydroxyl groups is 1. The van der Waals surface area contributed by atoms with Crippen LogP contribution in [0.5, 0.6) is 11.5 Å². The van der Waals surface area contributed by atoms with Crippen molar-refractivity contribution >= 4 is 23.6 Å². The van der Waals surface area contributed by atoms with Crippen molar-refractivity contribution in [3.63, 3.8) is 0 Å². The summed E-state index contributed by atoms with van der Waals surface area (Å²) in [4.78, 5) is 24.5. The third-order valence-corrected chi connectivity index (χ3v) is 4.50. The molecule has 7 nitrogen and oxygen atoms in total. The number of hydrogen-bond acceptors (Lipinski definition) is 6. The van der Waals surface area contributed by atoms with E-state index >= 15 is 0 Å². The van der Waals surface area contributed by atoms with E-state index < -0.39 is 11.7 Å². The Morgan fingerprint density at radius 1 is 1.24 bits per heavy atom. The maximum atomic E-state index is 12.4. The average molecular weight is 393 g/mol. The van der Waals surface area contributed by atoms with Crippen molar-refractivity contribution in [3.8, 4) is 11.5 Å². The highest BCUT2D eigenvalue weighted by Gasteiger charge is 2.28. The van der Waals surface area contributed by atoms with Gasteiger partial charge in [0.1, 0.15) is 0 Å². The van der Waals surface area contributed by atoms with Crippen LogP contribution in [0.4, 0.5) is 0 Å². The van der Waals surface area contributed by atoms with Gasteiger partial charge in [0.05, 0.1) is 13.3 Å². The molecule has 2 aromatic rings. The summed E-state index contributed by atoms with van der Waals surface area (Å²) < 4.78 is 5.01. The highest BCUT2D eigenvalue weighted by Crippen LogP contribution is 2.29. The molecule has 0 aliphatic carbocycles. The molecule has 0 radical (unpaired) electrons. The minimum atomic E-state index is -0.845. The molecule has 29 heavy (non-hydrogen) atoms. The molecule has 0 unspecified atom stereocenters. The Kier molecular flexibility index (Phi) is 5.68. The van der Waals surface area contributed by atoms with E-state index in [1.165, 1.54) is 25.5 Å². The molecule has 0 aromatic heterocycles. The standard InChI is InChI=1S/C22H23N3O4/c1-22(2)12-15-6-4-5-7-16(15)17(24-22)11-19(27)21(28)25-23-13-14-8-9-18(26)20(10-14)29-3/h4-11,13,24,26H,12H2,1-3H3,(H,25,28). The molecule has 1 heterocycles. The Bertz CT molecular complexity index is 1010. The van der Waals surface area contributed by atoms with E-state index in [2.05, 4.69) is 15.8 Å². The number of carbonyl (C=O) groups excluding carboxylic acids is 2. The van der Waals surface area contributed by atoms with Gasteiger partial charge in [-0.3, -0.25) is 9.59 Å². The maximum Gasteiger partial charge on any atom is 0.311 e. The van der Waals surface area contributed by atoms with E-state index in [-0.39, 0.29) is 17.0 Å². The predicted octanol–water partition coefficient (Wildman–Crippen LogP) is 2.39. The highest BCUT2D eigenvalue weighted by molar-refractivity contribution is 6.41. The number of phenols is 1. The van der Waals surface area contributed by atoms with E-state index in [0.717, 1.165) is 17.5 Å². The number of fused-ring (bicyclic) bond motifs is 1. The number of hydrogen-bond donors (Lipinski definition) is 3. The molecule has 0 spiro atoms. The first-order valence-corrected chi connectivity index (χ1v) is 9.11. The van der Waals surface area contributed by atoms with Crippen molar-refractivity contribution in [1.29, 1.82) is 0 Å². The molecule has 0 fully saturated rings. The second kappa shape index (κ2) is 8.18. The molecule has 0 saturated carbocycles. The number of rotatable bonds is 5. The fourth-order valence-electron chi connectivity index (χ4n) is 3.19. The Morgan fingerprint density at radius 2 is 2.00 bits per heavy atom. The van der Waals surface area contributed by atoms with Gasteiger partial charge in [-0.2, -0.15) is 5.10 Å². The van der Waals surface area contributed by atoms with Crippen LogP contribution in [-0.2, 0) is 16.0 Å². The van der Waals surface area contributed by atoms with E-state index in [9.17, 15) is 14.7 Å². The highest BCUT2D eigenvalue weighted by atomic mass is 16.5. The number of nitrogens with one attached hydrogen (secondary N) is 2. The predicted molar refractivity (Wildman–Crippen MR) is 111 cm³/mol. The molecular formula is C22H23N3O4. The lowest BCUT2D eigenvalue weighted by molar-refractivity contribution is -0.135.